The van der Waals surface area contributed by atoms with Crippen molar-refractivity contribution in [3.8, 4) is 0 Å². The number of thiophene rings is 1. The van der Waals surface area contributed by atoms with Gasteiger partial charge in [0.05, 0.1) is 11.7 Å². The van der Waals surface area contributed by atoms with Crippen LogP contribution >= 0.6 is 19.2 Å². The molecule has 90 valence electrons. The summed E-state index contributed by atoms with van der Waals surface area (Å²) in [4.78, 5) is 21.6. The summed E-state index contributed by atoms with van der Waals surface area (Å²) in [6.45, 7) is 0. The third-order valence-electron chi connectivity index (χ3n) is 2.04. The molecule has 0 radical (unpaired) electrons. The second kappa shape index (κ2) is 4.56. The molecule has 1 aromatic carbocycles. The van der Waals surface area contributed by atoms with Crippen molar-refractivity contribution in [3.63, 3.8) is 0 Å². The van der Waals surface area contributed by atoms with E-state index >= 15 is 0 Å². The zero-order valence-corrected chi connectivity index (χ0v) is 10.2. The third-order valence-corrected chi connectivity index (χ3v) is 3.00. The Labute approximate surface area is 99.8 Å². The van der Waals surface area contributed by atoms with Crippen LogP contribution in [0.5, 0.6) is 0 Å². The quantitative estimate of drug-likeness (QED) is 0.467. The van der Waals surface area contributed by atoms with E-state index in [1.165, 1.54) is 15.5 Å². The Morgan fingerprint density at radius 3 is 2.65 bits per heavy atom. The van der Waals surface area contributed by atoms with Gasteiger partial charge in [-0.25, -0.2) is 4.57 Å². The maximum absolute atomic E-state index is 8.88. The molecule has 17 heavy (non-hydrogen) atoms. The van der Waals surface area contributed by atoms with Crippen molar-refractivity contribution < 1.29 is 19.2 Å². The highest BCUT2D eigenvalue weighted by Gasteiger charge is 2.01. The molecular weight excluding hydrogens is 263 g/mol. The fourth-order valence-corrected chi connectivity index (χ4v) is 2.36. The molecule has 6 nitrogen and oxygen atoms in total. The van der Waals surface area contributed by atoms with Gasteiger partial charge in [0.1, 0.15) is 0 Å². The number of rotatable bonds is 0. The van der Waals surface area contributed by atoms with Crippen LogP contribution in [-0.4, -0.2) is 24.9 Å². The van der Waals surface area contributed by atoms with Gasteiger partial charge in [0.15, 0.2) is 0 Å². The van der Waals surface area contributed by atoms with E-state index in [1.54, 1.807) is 11.3 Å². The largest absolute Gasteiger partial charge is 0.466 e. The first kappa shape index (κ1) is 12.2. The van der Waals surface area contributed by atoms with Crippen molar-refractivity contribution in [3.05, 3.63) is 29.8 Å². The zero-order chi connectivity index (χ0) is 12.5. The maximum atomic E-state index is 8.88. The summed E-state index contributed by atoms with van der Waals surface area (Å²) in [5.74, 6) is 0. The highest BCUT2D eigenvalue weighted by molar-refractivity contribution is 7.45. The van der Waals surface area contributed by atoms with Gasteiger partial charge in [-0.3, -0.25) is 5.10 Å². The Morgan fingerprint density at radius 2 is 1.94 bits per heavy atom. The fourth-order valence-electron chi connectivity index (χ4n) is 1.45. The first-order valence-electron chi connectivity index (χ1n) is 4.53. The number of benzene rings is 1. The SMILES string of the molecule is O=P(O)(O)O.c1cc2ccc3[nH]ncc3c2s1. The van der Waals surface area contributed by atoms with E-state index in [2.05, 4.69) is 33.8 Å². The van der Waals surface area contributed by atoms with Gasteiger partial charge in [-0.1, -0.05) is 6.07 Å². The monoisotopic (exact) mass is 272 g/mol. The number of phosphoric acid groups is 1. The lowest BCUT2D eigenvalue weighted by Crippen LogP contribution is -1.66. The average Bonchev–Trinajstić information content (AvgIpc) is 2.82. The van der Waals surface area contributed by atoms with Gasteiger partial charge in [-0.2, -0.15) is 5.10 Å². The lowest BCUT2D eigenvalue weighted by Gasteiger charge is -1.89. The molecule has 0 saturated carbocycles. The smallest absolute Gasteiger partial charge is 0.303 e. The highest BCUT2D eigenvalue weighted by Crippen LogP contribution is 2.28. The standard InChI is InChI=1S/C9H6N2S.H3O4P/c1-2-8-7(5-10-11-8)9-6(1)3-4-12-9;1-5(2,3)4/h1-5H,(H,10,11);(H3,1,2,3,4). The number of aromatic amines is 1. The molecule has 4 N–H and O–H groups in total. The molecule has 0 amide bonds. The molecule has 0 spiro atoms. The second-order valence-corrected chi connectivity index (χ2v) is 5.19. The third kappa shape index (κ3) is 3.12. The molecule has 0 aliphatic rings. The minimum atomic E-state index is -4.64. The summed E-state index contributed by atoms with van der Waals surface area (Å²) in [7, 11) is -4.64. The summed E-state index contributed by atoms with van der Waals surface area (Å²) in [6.07, 6.45) is 1.88. The number of H-pyrrole nitrogens is 1. The van der Waals surface area contributed by atoms with Crippen LogP contribution in [0.4, 0.5) is 0 Å². The average molecular weight is 272 g/mol. The molecule has 2 heterocycles. The maximum Gasteiger partial charge on any atom is 0.466 e. The van der Waals surface area contributed by atoms with Gasteiger partial charge < -0.3 is 14.7 Å². The van der Waals surface area contributed by atoms with Crippen LogP contribution in [0.2, 0.25) is 0 Å². The normalized spacial score (nSPS) is 11.5. The van der Waals surface area contributed by atoms with Crippen molar-refractivity contribution in [1.82, 2.24) is 10.2 Å². The van der Waals surface area contributed by atoms with Crippen LogP contribution in [0.1, 0.15) is 0 Å². The predicted octanol–water partition coefficient (Wildman–Crippen LogP) is 1.85. The molecule has 0 atom stereocenters. The zero-order valence-electron chi connectivity index (χ0n) is 8.44. The van der Waals surface area contributed by atoms with E-state index < -0.39 is 7.82 Å². The van der Waals surface area contributed by atoms with Crippen molar-refractivity contribution in [2.24, 2.45) is 0 Å². The number of nitrogens with zero attached hydrogens (tertiary/aromatic N) is 1. The van der Waals surface area contributed by atoms with Crippen LogP contribution in [0.15, 0.2) is 29.8 Å². The summed E-state index contributed by atoms with van der Waals surface area (Å²) in [6, 6.07) is 6.32. The Hall–Kier alpha value is -1.24. The number of nitrogens with one attached hydrogen (secondary N) is 1. The number of aromatic nitrogens is 2. The topological polar surface area (TPSA) is 106 Å². The van der Waals surface area contributed by atoms with E-state index in [9.17, 15) is 0 Å². The van der Waals surface area contributed by atoms with Crippen molar-refractivity contribution in [2.45, 2.75) is 0 Å². The van der Waals surface area contributed by atoms with Crippen molar-refractivity contribution >= 4 is 40.1 Å². The van der Waals surface area contributed by atoms with Crippen LogP contribution in [0, 0.1) is 0 Å². The molecule has 3 rings (SSSR count). The molecule has 0 bridgehead atoms. The van der Waals surface area contributed by atoms with E-state index in [1.807, 2.05) is 6.20 Å². The predicted molar refractivity (Wildman–Crippen MR) is 65.7 cm³/mol. The van der Waals surface area contributed by atoms with Gasteiger partial charge in [0.2, 0.25) is 0 Å². The Bertz CT molecular complexity index is 628. The van der Waals surface area contributed by atoms with E-state index in [4.69, 9.17) is 19.2 Å². The number of hydrogen-bond acceptors (Lipinski definition) is 3. The van der Waals surface area contributed by atoms with Gasteiger partial charge >= 0.3 is 7.82 Å². The first-order valence-corrected chi connectivity index (χ1v) is 6.97. The molecule has 0 aliphatic heterocycles. The van der Waals surface area contributed by atoms with Gasteiger partial charge in [0.25, 0.3) is 0 Å². The van der Waals surface area contributed by atoms with Crippen molar-refractivity contribution in [1.29, 1.82) is 0 Å². The van der Waals surface area contributed by atoms with E-state index in [-0.39, 0.29) is 0 Å². The minimum Gasteiger partial charge on any atom is -0.303 e. The van der Waals surface area contributed by atoms with Crippen LogP contribution < -0.4 is 0 Å². The number of fused-ring (bicyclic) bond motifs is 3. The fraction of sp³-hybridized carbons (Fsp3) is 0. The molecule has 0 aliphatic carbocycles. The van der Waals surface area contributed by atoms with Gasteiger partial charge in [0, 0.05) is 10.1 Å². The summed E-state index contributed by atoms with van der Waals surface area (Å²) >= 11 is 1.76. The van der Waals surface area contributed by atoms with Crippen LogP contribution in [0.3, 0.4) is 0 Å². The van der Waals surface area contributed by atoms with E-state index in [0.717, 1.165) is 5.52 Å². The number of hydrogen-bond donors (Lipinski definition) is 4. The summed E-state index contributed by atoms with van der Waals surface area (Å²) in [5.41, 5.74) is 1.12. The molecule has 0 saturated heterocycles. The Morgan fingerprint density at radius 1 is 1.24 bits per heavy atom. The van der Waals surface area contributed by atoms with Gasteiger partial charge in [-0.05, 0) is 22.9 Å². The highest BCUT2D eigenvalue weighted by atomic mass is 32.1. The molecule has 2 aromatic heterocycles. The molecule has 8 heteroatoms. The van der Waals surface area contributed by atoms with Crippen LogP contribution in [0.25, 0.3) is 21.0 Å². The molecule has 0 fully saturated rings. The van der Waals surface area contributed by atoms with Crippen molar-refractivity contribution in [2.75, 3.05) is 0 Å². The van der Waals surface area contributed by atoms with Crippen LogP contribution in [-0.2, 0) is 4.57 Å². The molecule has 3 aromatic rings. The Balaban J connectivity index is 0.000000188. The minimum absolute atomic E-state index is 1.12. The summed E-state index contributed by atoms with van der Waals surface area (Å²) in [5, 5.41) is 11.6. The lowest BCUT2D eigenvalue weighted by atomic mass is 10.2. The first-order chi connectivity index (χ1) is 7.95. The molecule has 0 unspecified atom stereocenters. The van der Waals surface area contributed by atoms with Gasteiger partial charge in [-0.15, -0.1) is 11.3 Å². The molecular formula is C9H9N2O4PS. The Kier molecular flexibility index (Phi) is 3.28. The summed E-state index contributed by atoms with van der Waals surface area (Å²) < 4.78 is 10.2. The second-order valence-electron chi connectivity index (χ2n) is 3.25. The van der Waals surface area contributed by atoms with E-state index in [0.29, 0.717) is 0 Å². The lowest BCUT2D eigenvalue weighted by molar-refractivity contribution is 0.275.